The number of benzene rings is 1. The van der Waals surface area contributed by atoms with Gasteiger partial charge in [-0.15, -0.1) is 0 Å². The van der Waals surface area contributed by atoms with E-state index in [0.717, 1.165) is 18.4 Å². The molecule has 1 aliphatic carbocycles. The number of thiol groups is 1. The molecule has 2 N–H and O–H groups in total. The van der Waals surface area contributed by atoms with E-state index in [2.05, 4.69) is 18.7 Å². The SMILES string of the molecule is N#CC1(c2cccc(C(O)C(O)CCS)c2)CC1. The third-order valence-electron chi connectivity index (χ3n) is 3.53. The first-order chi connectivity index (χ1) is 8.63. The van der Waals surface area contributed by atoms with Crippen molar-refractivity contribution in [3.05, 3.63) is 35.4 Å². The Kier molecular flexibility index (Phi) is 3.96. The van der Waals surface area contributed by atoms with Crippen molar-refractivity contribution in [1.82, 2.24) is 0 Å². The van der Waals surface area contributed by atoms with Gasteiger partial charge < -0.3 is 10.2 Å². The average molecular weight is 263 g/mol. The topological polar surface area (TPSA) is 64.2 Å². The summed E-state index contributed by atoms with van der Waals surface area (Å²) in [6, 6.07) is 9.70. The van der Waals surface area contributed by atoms with Crippen LogP contribution in [-0.4, -0.2) is 22.1 Å². The third-order valence-corrected chi connectivity index (χ3v) is 3.79. The van der Waals surface area contributed by atoms with Gasteiger partial charge in [0.1, 0.15) is 6.10 Å². The van der Waals surface area contributed by atoms with E-state index < -0.39 is 12.2 Å². The second-order valence-electron chi connectivity index (χ2n) is 4.84. The molecule has 0 amide bonds. The monoisotopic (exact) mass is 263 g/mol. The minimum atomic E-state index is -0.911. The van der Waals surface area contributed by atoms with E-state index >= 15 is 0 Å². The van der Waals surface area contributed by atoms with Crippen LogP contribution in [0.1, 0.15) is 36.5 Å². The zero-order chi connectivity index (χ0) is 13.2. The maximum absolute atomic E-state index is 10.0. The summed E-state index contributed by atoms with van der Waals surface area (Å²) in [5, 5.41) is 29.0. The minimum Gasteiger partial charge on any atom is -0.390 e. The van der Waals surface area contributed by atoms with Crippen LogP contribution in [0, 0.1) is 11.3 Å². The largest absolute Gasteiger partial charge is 0.390 e. The van der Waals surface area contributed by atoms with Gasteiger partial charge in [0, 0.05) is 0 Å². The standard InChI is InChI=1S/C14H17NO2S/c15-9-14(5-6-14)11-3-1-2-10(8-11)13(17)12(16)4-7-18/h1-3,8,12-13,16-18H,4-7H2. The van der Waals surface area contributed by atoms with Crippen molar-refractivity contribution >= 4 is 12.6 Å². The molecule has 2 rings (SSSR count). The fraction of sp³-hybridized carbons (Fsp3) is 0.500. The van der Waals surface area contributed by atoms with Gasteiger partial charge in [0.2, 0.25) is 0 Å². The molecule has 1 aliphatic rings. The van der Waals surface area contributed by atoms with Gasteiger partial charge >= 0.3 is 0 Å². The Hall–Kier alpha value is -1.02. The summed E-state index contributed by atoms with van der Waals surface area (Å²) in [5.74, 6) is 0.528. The molecule has 4 heteroatoms. The second-order valence-corrected chi connectivity index (χ2v) is 5.29. The Labute approximate surface area is 112 Å². The van der Waals surface area contributed by atoms with Crippen LogP contribution in [0.4, 0.5) is 0 Å². The van der Waals surface area contributed by atoms with Gasteiger partial charge in [-0.05, 0) is 36.1 Å². The fourth-order valence-electron chi connectivity index (χ4n) is 2.12. The number of aliphatic hydroxyl groups excluding tert-OH is 2. The minimum absolute atomic E-state index is 0.357. The van der Waals surface area contributed by atoms with E-state index in [1.54, 1.807) is 6.07 Å². The normalized spacial score (nSPS) is 19.9. The lowest BCUT2D eigenvalue weighted by Gasteiger charge is -2.18. The first-order valence-electron chi connectivity index (χ1n) is 6.11. The number of aliphatic hydroxyl groups is 2. The van der Waals surface area contributed by atoms with Crippen LogP contribution in [0.25, 0.3) is 0 Å². The predicted molar refractivity (Wildman–Crippen MR) is 72.4 cm³/mol. The van der Waals surface area contributed by atoms with Crippen LogP contribution in [0.15, 0.2) is 24.3 Å². The highest BCUT2D eigenvalue weighted by molar-refractivity contribution is 7.80. The van der Waals surface area contributed by atoms with Crippen molar-refractivity contribution in [2.24, 2.45) is 0 Å². The highest BCUT2D eigenvalue weighted by Crippen LogP contribution is 2.47. The molecule has 1 aromatic carbocycles. The molecule has 3 nitrogen and oxygen atoms in total. The Bertz CT molecular complexity index is 465. The number of nitrogens with zero attached hydrogens (tertiary/aromatic N) is 1. The molecule has 1 fully saturated rings. The third kappa shape index (κ3) is 2.54. The molecule has 0 aliphatic heterocycles. The van der Waals surface area contributed by atoms with Crippen LogP contribution in [0.3, 0.4) is 0 Å². The van der Waals surface area contributed by atoms with Crippen LogP contribution in [-0.2, 0) is 5.41 Å². The summed E-state index contributed by atoms with van der Waals surface area (Å²) < 4.78 is 0. The molecule has 1 aromatic rings. The first-order valence-corrected chi connectivity index (χ1v) is 6.75. The highest BCUT2D eigenvalue weighted by atomic mass is 32.1. The number of hydrogen-bond donors (Lipinski definition) is 3. The summed E-state index contributed by atoms with van der Waals surface area (Å²) >= 11 is 4.04. The Morgan fingerprint density at radius 1 is 1.39 bits per heavy atom. The summed E-state index contributed by atoms with van der Waals surface area (Å²) in [7, 11) is 0. The van der Waals surface area contributed by atoms with Gasteiger partial charge in [0.05, 0.1) is 17.6 Å². The van der Waals surface area contributed by atoms with Crippen molar-refractivity contribution in [2.45, 2.75) is 36.9 Å². The quantitative estimate of drug-likeness (QED) is 0.712. The smallest absolute Gasteiger partial charge is 0.105 e. The second kappa shape index (κ2) is 5.31. The summed E-state index contributed by atoms with van der Waals surface area (Å²) in [6.45, 7) is 0. The van der Waals surface area contributed by atoms with E-state index in [1.165, 1.54) is 0 Å². The zero-order valence-corrected chi connectivity index (χ0v) is 11.0. The molecule has 18 heavy (non-hydrogen) atoms. The summed E-state index contributed by atoms with van der Waals surface area (Å²) in [6.07, 6.45) is 0.476. The Morgan fingerprint density at radius 2 is 2.11 bits per heavy atom. The summed E-state index contributed by atoms with van der Waals surface area (Å²) in [5.41, 5.74) is 1.26. The van der Waals surface area contributed by atoms with Crippen LogP contribution >= 0.6 is 12.6 Å². The van der Waals surface area contributed by atoms with Crippen molar-refractivity contribution in [1.29, 1.82) is 5.26 Å². The van der Waals surface area contributed by atoms with Crippen molar-refractivity contribution in [3.8, 4) is 6.07 Å². The number of hydrogen-bond acceptors (Lipinski definition) is 4. The van der Waals surface area contributed by atoms with Crippen molar-refractivity contribution in [2.75, 3.05) is 5.75 Å². The molecule has 96 valence electrons. The fourth-order valence-corrected chi connectivity index (χ4v) is 2.39. The van der Waals surface area contributed by atoms with E-state index in [4.69, 9.17) is 5.26 Å². The van der Waals surface area contributed by atoms with Gasteiger partial charge in [-0.1, -0.05) is 24.3 Å². The molecule has 0 heterocycles. The van der Waals surface area contributed by atoms with E-state index in [1.807, 2.05) is 18.2 Å². The molecule has 0 aromatic heterocycles. The molecule has 0 radical (unpaired) electrons. The van der Waals surface area contributed by atoms with Crippen LogP contribution in [0.2, 0.25) is 0 Å². The van der Waals surface area contributed by atoms with E-state index in [9.17, 15) is 10.2 Å². The van der Waals surface area contributed by atoms with Crippen molar-refractivity contribution in [3.63, 3.8) is 0 Å². The van der Waals surface area contributed by atoms with Crippen LogP contribution in [0.5, 0.6) is 0 Å². The highest BCUT2D eigenvalue weighted by Gasteiger charge is 2.45. The van der Waals surface area contributed by atoms with E-state index in [0.29, 0.717) is 17.7 Å². The lowest BCUT2D eigenvalue weighted by Crippen LogP contribution is -2.19. The molecular formula is C14H17NO2S. The Morgan fingerprint density at radius 3 is 2.67 bits per heavy atom. The Balaban J connectivity index is 2.20. The van der Waals surface area contributed by atoms with Gasteiger partial charge in [0.15, 0.2) is 0 Å². The van der Waals surface area contributed by atoms with Gasteiger partial charge in [-0.2, -0.15) is 17.9 Å². The predicted octanol–water partition coefficient (Wildman–Crippen LogP) is 1.96. The maximum atomic E-state index is 10.0. The molecule has 1 saturated carbocycles. The maximum Gasteiger partial charge on any atom is 0.105 e. The number of rotatable bonds is 5. The molecule has 0 spiro atoms. The molecule has 0 bridgehead atoms. The van der Waals surface area contributed by atoms with Gasteiger partial charge in [0.25, 0.3) is 0 Å². The molecule has 0 saturated heterocycles. The van der Waals surface area contributed by atoms with Crippen molar-refractivity contribution < 1.29 is 10.2 Å². The zero-order valence-electron chi connectivity index (χ0n) is 10.1. The van der Waals surface area contributed by atoms with Gasteiger partial charge in [-0.25, -0.2) is 0 Å². The number of nitriles is 1. The lowest BCUT2D eigenvalue weighted by molar-refractivity contribution is 0.0172. The molecular weight excluding hydrogens is 246 g/mol. The lowest BCUT2D eigenvalue weighted by atomic mass is 9.93. The molecule has 2 unspecified atom stereocenters. The first kappa shape index (κ1) is 13.4. The molecule has 2 atom stereocenters. The van der Waals surface area contributed by atoms with Gasteiger partial charge in [-0.3, -0.25) is 0 Å². The summed E-state index contributed by atoms with van der Waals surface area (Å²) in [4.78, 5) is 0. The average Bonchev–Trinajstić information content (AvgIpc) is 3.19. The van der Waals surface area contributed by atoms with E-state index in [-0.39, 0.29) is 5.41 Å². The van der Waals surface area contributed by atoms with Crippen LogP contribution < -0.4 is 0 Å².